The molecule has 5 nitrogen and oxygen atoms in total. The molecule has 2 heterocycles. The predicted octanol–water partition coefficient (Wildman–Crippen LogP) is 4.68. The highest BCUT2D eigenvalue weighted by atomic mass is 79.9. The second kappa shape index (κ2) is 7.48. The first-order valence-corrected chi connectivity index (χ1v) is 10.5. The SMILES string of the molecule is CNC(=O)c1c(NC(=O)Cc2coc3ccc(Br)cc23)sc2c1CCCC2. The minimum atomic E-state index is -0.151. The third-order valence-electron chi connectivity index (χ3n) is 4.85. The fourth-order valence-electron chi connectivity index (χ4n) is 3.55. The molecule has 1 aliphatic carbocycles. The van der Waals surface area contributed by atoms with Crippen LogP contribution in [0.5, 0.6) is 0 Å². The third-order valence-corrected chi connectivity index (χ3v) is 6.55. The van der Waals surface area contributed by atoms with Gasteiger partial charge in [-0.15, -0.1) is 11.3 Å². The summed E-state index contributed by atoms with van der Waals surface area (Å²) in [5.74, 6) is -0.288. The first-order valence-electron chi connectivity index (χ1n) is 8.89. The number of thiophene rings is 1. The van der Waals surface area contributed by atoms with Gasteiger partial charge in [-0.25, -0.2) is 0 Å². The van der Waals surface area contributed by atoms with E-state index in [1.807, 2.05) is 18.2 Å². The topological polar surface area (TPSA) is 71.3 Å². The van der Waals surface area contributed by atoms with E-state index in [4.69, 9.17) is 4.42 Å². The summed E-state index contributed by atoms with van der Waals surface area (Å²) in [5, 5.41) is 7.24. The highest BCUT2D eigenvalue weighted by molar-refractivity contribution is 9.10. The minimum absolute atomic E-state index is 0.137. The van der Waals surface area contributed by atoms with Gasteiger partial charge in [0.05, 0.1) is 18.2 Å². The lowest BCUT2D eigenvalue weighted by molar-refractivity contribution is -0.115. The van der Waals surface area contributed by atoms with Crippen molar-refractivity contribution in [2.75, 3.05) is 12.4 Å². The van der Waals surface area contributed by atoms with Gasteiger partial charge in [0.15, 0.2) is 0 Å². The predicted molar refractivity (Wildman–Crippen MR) is 111 cm³/mol. The molecule has 0 saturated carbocycles. The lowest BCUT2D eigenvalue weighted by atomic mass is 9.95. The highest BCUT2D eigenvalue weighted by Gasteiger charge is 2.26. The van der Waals surface area contributed by atoms with Gasteiger partial charge in [-0.05, 0) is 49.4 Å². The summed E-state index contributed by atoms with van der Waals surface area (Å²) in [6.45, 7) is 0. The quantitative estimate of drug-likeness (QED) is 0.611. The van der Waals surface area contributed by atoms with E-state index < -0.39 is 0 Å². The van der Waals surface area contributed by atoms with Crippen LogP contribution < -0.4 is 10.6 Å². The number of rotatable bonds is 4. The van der Waals surface area contributed by atoms with Gasteiger partial charge >= 0.3 is 0 Å². The zero-order valence-electron chi connectivity index (χ0n) is 14.9. The summed E-state index contributed by atoms with van der Waals surface area (Å²) in [5.41, 5.74) is 3.30. The number of nitrogens with one attached hydrogen (secondary N) is 2. The number of furan rings is 1. The summed E-state index contributed by atoms with van der Waals surface area (Å²) in [6.07, 6.45) is 5.89. The number of halogens is 1. The molecule has 0 saturated heterocycles. The van der Waals surface area contributed by atoms with Gasteiger partial charge in [0.2, 0.25) is 5.91 Å². The summed E-state index contributed by atoms with van der Waals surface area (Å²) in [7, 11) is 1.62. The van der Waals surface area contributed by atoms with Crippen LogP contribution in [0.3, 0.4) is 0 Å². The Labute approximate surface area is 169 Å². The van der Waals surface area contributed by atoms with Gasteiger partial charge in [-0.3, -0.25) is 9.59 Å². The average molecular weight is 447 g/mol. The lowest BCUT2D eigenvalue weighted by Crippen LogP contribution is -2.22. The standard InChI is InChI=1S/C20H19BrN2O3S/c1-22-19(25)18-13-4-2-3-5-16(13)27-20(18)23-17(24)8-11-10-26-15-7-6-12(21)9-14(11)15/h6-7,9-10H,2-5,8H2,1H3,(H,22,25)(H,23,24). The third kappa shape index (κ3) is 3.53. The Kier molecular flexibility index (Phi) is 5.06. The minimum Gasteiger partial charge on any atom is -0.464 e. The summed E-state index contributed by atoms with van der Waals surface area (Å²) < 4.78 is 6.47. The molecule has 0 atom stereocenters. The van der Waals surface area contributed by atoms with E-state index in [0.29, 0.717) is 10.6 Å². The van der Waals surface area contributed by atoms with Crippen molar-refractivity contribution < 1.29 is 14.0 Å². The van der Waals surface area contributed by atoms with E-state index >= 15 is 0 Å². The molecule has 3 aromatic rings. The molecule has 140 valence electrons. The number of aryl methyl sites for hydroxylation is 1. The van der Waals surface area contributed by atoms with Crippen LogP contribution in [-0.4, -0.2) is 18.9 Å². The van der Waals surface area contributed by atoms with Crippen LogP contribution in [0.4, 0.5) is 5.00 Å². The largest absolute Gasteiger partial charge is 0.464 e. The Morgan fingerprint density at radius 1 is 1.26 bits per heavy atom. The van der Waals surface area contributed by atoms with Crippen molar-refractivity contribution >= 4 is 55.1 Å². The molecule has 2 N–H and O–H groups in total. The van der Waals surface area contributed by atoms with Gasteiger partial charge in [0, 0.05) is 27.3 Å². The Morgan fingerprint density at radius 3 is 2.89 bits per heavy atom. The Bertz CT molecular complexity index is 1040. The zero-order chi connectivity index (χ0) is 19.0. The maximum absolute atomic E-state index is 12.7. The lowest BCUT2D eigenvalue weighted by Gasteiger charge is -2.12. The number of amides is 2. The zero-order valence-corrected chi connectivity index (χ0v) is 17.3. The summed E-state index contributed by atoms with van der Waals surface area (Å²) in [6, 6.07) is 5.72. The van der Waals surface area contributed by atoms with E-state index in [1.54, 1.807) is 13.3 Å². The molecular weight excluding hydrogens is 428 g/mol. The first-order chi connectivity index (χ1) is 13.1. The molecule has 1 aliphatic rings. The molecule has 0 fully saturated rings. The molecule has 0 unspecified atom stereocenters. The maximum atomic E-state index is 12.7. The van der Waals surface area contributed by atoms with Crippen molar-refractivity contribution in [3.63, 3.8) is 0 Å². The number of fused-ring (bicyclic) bond motifs is 2. The normalized spacial score (nSPS) is 13.4. The number of hydrogen-bond donors (Lipinski definition) is 2. The van der Waals surface area contributed by atoms with Crippen LogP contribution >= 0.6 is 27.3 Å². The van der Waals surface area contributed by atoms with Gasteiger partial charge in [0.1, 0.15) is 10.6 Å². The Balaban J connectivity index is 1.60. The van der Waals surface area contributed by atoms with E-state index in [2.05, 4.69) is 26.6 Å². The second-order valence-electron chi connectivity index (χ2n) is 6.62. The Morgan fingerprint density at radius 2 is 2.07 bits per heavy atom. The first kappa shape index (κ1) is 18.3. The van der Waals surface area contributed by atoms with E-state index in [9.17, 15) is 9.59 Å². The molecular formula is C20H19BrN2O3S. The van der Waals surface area contributed by atoms with Crippen molar-refractivity contribution in [2.24, 2.45) is 0 Å². The van der Waals surface area contributed by atoms with Crippen LogP contribution in [0.15, 0.2) is 33.4 Å². The van der Waals surface area contributed by atoms with Gasteiger partial charge < -0.3 is 15.1 Å². The number of hydrogen-bond acceptors (Lipinski definition) is 4. The second-order valence-corrected chi connectivity index (χ2v) is 8.64. The van der Waals surface area contributed by atoms with Crippen LogP contribution in [0.25, 0.3) is 11.0 Å². The van der Waals surface area contributed by atoms with Crippen molar-refractivity contribution in [1.29, 1.82) is 0 Å². The highest BCUT2D eigenvalue weighted by Crippen LogP contribution is 2.38. The van der Waals surface area contributed by atoms with Crippen LogP contribution in [0.1, 0.15) is 39.2 Å². The molecule has 27 heavy (non-hydrogen) atoms. The number of carbonyl (C=O) groups is 2. The summed E-state index contributed by atoms with van der Waals surface area (Å²) >= 11 is 4.98. The molecule has 0 bridgehead atoms. The number of carbonyl (C=O) groups excluding carboxylic acids is 2. The smallest absolute Gasteiger partial charge is 0.254 e. The molecule has 4 rings (SSSR count). The van der Waals surface area contributed by atoms with Gasteiger partial charge in [-0.2, -0.15) is 0 Å². The van der Waals surface area contributed by atoms with Gasteiger partial charge in [0.25, 0.3) is 5.91 Å². The monoisotopic (exact) mass is 446 g/mol. The molecule has 0 radical (unpaired) electrons. The maximum Gasteiger partial charge on any atom is 0.254 e. The van der Waals surface area contributed by atoms with E-state index in [1.165, 1.54) is 16.2 Å². The van der Waals surface area contributed by atoms with E-state index in [0.717, 1.165) is 52.3 Å². The van der Waals surface area contributed by atoms with Crippen molar-refractivity contribution in [1.82, 2.24) is 5.32 Å². The van der Waals surface area contributed by atoms with Gasteiger partial charge in [-0.1, -0.05) is 15.9 Å². The molecule has 2 aromatic heterocycles. The van der Waals surface area contributed by atoms with Crippen molar-refractivity contribution in [2.45, 2.75) is 32.1 Å². The molecule has 1 aromatic carbocycles. The average Bonchev–Trinajstić information content (AvgIpc) is 3.21. The number of anilines is 1. The molecule has 0 spiro atoms. The molecule has 7 heteroatoms. The van der Waals surface area contributed by atoms with Crippen LogP contribution in [0.2, 0.25) is 0 Å². The van der Waals surface area contributed by atoms with Crippen LogP contribution in [-0.2, 0) is 24.1 Å². The number of benzene rings is 1. The molecule has 2 amide bonds. The van der Waals surface area contributed by atoms with E-state index in [-0.39, 0.29) is 18.2 Å². The molecule has 0 aliphatic heterocycles. The fourth-order valence-corrected chi connectivity index (χ4v) is 5.22. The summed E-state index contributed by atoms with van der Waals surface area (Å²) in [4.78, 5) is 26.3. The van der Waals surface area contributed by atoms with Crippen LogP contribution in [0, 0.1) is 0 Å². The van der Waals surface area contributed by atoms with Crippen molar-refractivity contribution in [3.05, 3.63) is 50.5 Å². The Hall–Kier alpha value is -2.12. The fraction of sp³-hybridized carbons (Fsp3) is 0.300. The van der Waals surface area contributed by atoms with Crippen molar-refractivity contribution in [3.8, 4) is 0 Å².